The molecule has 10 rings (SSSR count). The molecule has 1 heterocycles. The van der Waals surface area contributed by atoms with Gasteiger partial charge >= 0.3 is 0 Å². The Labute approximate surface area is 236 Å². The monoisotopic (exact) mass is 517 g/mol. The molecule has 0 saturated heterocycles. The number of para-hydroxylation sites is 1. The molecule has 0 fully saturated rings. The summed E-state index contributed by atoms with van der Waals surface area (Å²) in [5, 5.41) is 13.1. The zero-order valence-corrected chi connectivity index (χ0v) is 22.2. The minimum absolute atomic E-state index is 1.24. The van der Waals surface area contributed by atoms with Crippen LogP contribution in [0.1, 0.15) is 0 Å². The van der Waals surface area contributed by atoms with Gasteiger partial charge in [-0.25, -0.2) is 0 Å². The van der Waals surface area contributed by atoms with E-state index < -0.39 is 0 Å². The average molecular weight is 518 g/mol. The van der Waals surface area contributed by atoms with E-state index in [2.05, 4.69) is 144 Å². The fourth-order valence-electron chi connectivity index (χ4n) is 7.68. The zero-order chi connectivity index (χ0) is 26.7. The van der Waals surface area contributed by atoms with Crippen LogP contribution in [-0.4, -0.2) is 4.57 Å². The summed E-state index contributed by atoms with van der Waals surface area (Å²) >= 11 is 0. The van der Waals surface area contributed by atoms with Crippen LogP contribution in [0.25, 0.3) is 92.8 Å². The molecule has 0 spiro atoms. The van der Waals surface area contributed by atoms with Crippen LogP contribution < -0.4 is 0 Å². The molecule has 0 amide bonds. The number of rotatable bonds is 1. The van der Waals surface area contributed by atoms with E-state index in [4.69, 9.17) is 0 Å². The summed E-state index contributed by atoms with van der Waals surface area (Å²) in [6, 6.07) is 51.6. The molecule has 1 nitrogen and oxygen atoms in total. The second-order valence-electron chi connectivity index (χ2n) is 11.2. The minimum Gasteiger partial charge on any atom is -0.308 e. The van der Waals surface area contributed by atoms with Crippen molar-refractivity contribution in [3.05, 3.63) is 140 Å². The van der Waals surface area contributed by atoms with Crippen molar-refractivity contribution in [2.45, 2.75) is 0 Å². The van der Waals surface area contributed by atoms with Crippen molar-refractivity contribution in [2.24, 2.45) is 0 Å². The van der Waals surface area contributed by atoms with Crippen LogP contribution in [0.2, 0.25) is 0 Å². The number of hydrogen-bond donors (Lipinski definition) is 0. The van der Waals surface area contributed by atoms with E-state index in [9.17, 15) is 0 Å². The Balaban J connectivity index is 1.49. The normalized spacial score (nSPS) is 12.4. The molecular formula is C40H23N. The average Bonchev–Trinajstić information content (AvgIpc) is 3.57. The second kappa shape index (κ2) is 7.62. The van der Waals surface area contributed by atoms with E-state index in [1.165, 1.54) is 92.8 Å². The molecule has 9 aromatic rings. The summed E-state index contributed by atoms with van der Waals surface area (Å²) in [6.45, 7) is 0. The smallest absolute Gasteiger partial charge is 0.0626 e. The molecule has 0 radical (unpaired) electrons. The maximum atomic E-state index is 2.55. The Bertz CT molecular complexity index is 2580. The highest BCUT2D eigenvalue weighted by Crippen LogP contribution is 2.52. The molecule has 0 unspecified atom stereocenters. The van der Waals surface area contributed by atoms with Crippen molar-refractivity contribution in [3.8, 4) is 27.9 Å². The molecular weight excluding hydrogens is 494 g/mol. The largest absolute Gasteiger partial charge is 0.308 e. The Morgan fingerprint density at radius 1 is 0.341 bits per heavy atom. The van der Waals surface area contributed by atoms with Crippen molar-refractivity contribution in [3.63, 3.8) is 0 Å². The summed E-state index contributed by atoms with van der Waals surface area (Å²) in [5.74, 6) is 0. The highest BCUT2D eigenvalue weighted by molar-refractivity contribution is 6.36. The van der Waals surface area contributed by atoms with E-state index in [1.54, 1.807) is 0 Å². The highest BCUT2D eigenvalue weighted by Gasteiger charge is 2.27. The van der Waals surface area contributed by atoms with Crippen molar-refractivity contribution in [1.29, 1.82) is 0 Å². The van der Waals surface area contributed by atoms with E-state index in [-0.39, 0.29) is 0 Å². The predicted octanol–water partition coefficient (Wildman–Crippen LogP) is 11.0. The third-order valence-corrected chi connectivity index (χ3v) is 9.28. The summed E-state index contributed by atoms with van der Waals surface area (Å²) in [7, 11) is 0. The fraction of sp³-hybridized carbons (Fsp3) is 0. The van der Waals surface area contributed by atoms with Gasteiger partial charge in [-0.3, -0.25) is 0 Å². The first kappa shape index (κ1) is 21.4. The lowest BCUT2D eigenvalue weighted by Gasteiger charge is -2.16. The van der Waals surface area contributed by atoms with Crippen LogP contribution >= 0.6 is 0 Å². The third-order valence-electron chi connectivity index (χ3n) is 9.28. The summed E-state index contributed by atoms with van der Waals surface area (Å²) in [6.07, 6.45) is 0. The Morgan fingerprint density at radius 2 is 1.00 bits per heavy atom. The van der Waals surface area contributed by atoms with Crippen LogP contribution in [-0.2, 0) is 0 Å². The summed E-state index contributed by atoms with van der Waals surface area (Å²) in [5.41, 5.74) is 9.06. The second-order valence-corrected chi connectivity index (χ2v) is 11.2. The van der Waals surface area contributed by atoms with Gasteiger partial charge in [0.15, 0.2) is 0 Å². The van der Waals surface area contributed by atoms with Gasteiger partial charge in [0.25, 0.3) is 0 Å². The van der Waals surface area contributed by atoms with Crippen molar-refractivity contribution in [1.82, 2.24) is 4.57 Å². The maximum absolute atomic E-state index is 2.55. The molecule has 0 N–H and O–H groups in total. The lowest BCUT2D eigenvalue weighted by molar-refractivity contribution is 1.20. The number of hydrogen-bond acceptors (Lipinski definition) is 0. The van der Waals surface area contributed by atoms with Crippen LogP contribution in [0.15, 0.2) is 140 Å². The van der Waals surface area contributed by atoms with E-state index in [1.807, 2.05) is 0 Å². The van der Waals surface area contributed by atoms with Crippen LogP contribution in [0.4, 0.5) is 0 Å². The molecule has 0 bridgehead atoms. The molecule has 0 aliphatic heterocycles. The van der Waals surface area contributed by atoms with E-state index in [0.717, 1.165) is 0 Å². The quantitative estimate of drug-likeness (QED) is 0.191. The highest BCUT2D eigenvalue weighted by atomic mass is 15.0. The summed E-state index contributed by atoms with van der Waals surface area (Å²) < 4.78 is 2.55. The zero-order valence-electron chi connectivity index (χ0n) is 22.2. The van der Waals surface area contributed by atoms with Gasteiger partial charge in [-0.05, 0) is 66.5 Å². The van der Waals surface area contributed by atoms with Crippen molar-refractivity contribution >= 4 is 64.9 Å². The van der Waals surface area contributed by atoms with Crippen molar-refractivity contribution < 1.29 is 0 Å². The SMILES string of the molecule is c1ccc2c(c1)-c1cccc3ccc(-n4c5ccccc5c5c6ccc7ccccc7c6c6ccccc6c54)c-2c13. The van der Waals surface area contributed by atoms with Crippen LogP contribution in [0, 0.1) is 0 Å². The predicted molar refractivity (Wildman–Crippen MR) is 175 cm³/mol. The summed E-state index contributed by atoms with van der Waals surface area (Å²) in [4.78, 5) is 0. The molecule has 0 saturated carbocycles. The number of nitrogens with zero attached hydrogens (tertiary/aromatic N) is 1. The lowest BCUT2D eigenvalue weighted by Crippen LogP contribution is -1.98. The van der Waals surface area contributed by atoms with Gasteiger partial charge in [-0.15, -0.1) is 0 Å². The fourth-order valence-corrected chi connectivity index (χ4v) is 7.68. The van der Waals surface area contributed by atoms with Crippen molar-refractivity contribution in [2.75, 3.05) is 0 Å². The molecule has 8 aromatic carbocycles. The number of aromatic nitrogens is 1. The van der Waals surface area contributed by atoms with Crippen LogP contribution in [0.5, 0.6) is 0 Å². The molecule has 188 valence electrons. The Morgan fingerprint density at radius 3 is 1.90 bits per heavy atom. The number of fused-ring (bicyclic) bond motifs is 13. The molecule has 1 aromatic heterocycles. The lowest BCUT2D eigenvalue weighted by atomic mass is 9.93. The maximum Gasteiger partial charge on any atom is 0.0626 e. The first-order valence-corrected chi connectivity index (χ1v) is 14.3. The standard InChI is InChI=1S/C40H23N/c1-2-12-26-24(10-1)20-22-33-37(26)30-15-5-6-16-31(30)40-38(33)32-17-7-8-19-34(32)41(40)35-23-21-25-11-9-18-28-27-13-3-4-14-29(27)39(35)36(25)28/h1-23H. The van der Waals surface area contributed by atoms with Gasteiger partial charge in [0.2, 0.25) is 0 Å². The molecule has 41 heavy (non-hydrogen) atoms. The van der Waals surface area contributed by atoms with Gasteiger partial charge in [-0.1, -0.05) is 127 Å². The topological polar surface area (TPSA) is 4.93 Å². The minimum atomic E-state index is 1.24. The first-order valence-electron chi connectivity index (χ1n) is 14.3. The van der Waals surface area contributed by atoms with Gasteiger partial charge in [0.1, 0.15) is 0 Å². The van der Waals surface area contributed by atoms with Gasteiger partial charge < -0.3 is 4.57 Å². The third kappa shape index (κ3) is 2.61. The molecule has 1 aliphatic carbocycles. The number of benzene rings is 8. The van der Waals surface area contributed by atoms with E-state index in [0.29, 0.717) is 0 Å². The first-order chi connectivity index (χ1) is 20.4. The Hall–Kier alpha value is -5.40. The molecule has 1 heteroatoms. The molecule has 0 atom stereocenters. The van der Waals surface area contributed by atoms with Crippen LogP contribution in [0.3, 0.4) is 0 Å². The van der Waals surface area contributed by atoms with Gasteiger partial charge in [0.05, 0.1) is 16.7 Å². The van der Waals surface area contributed by atoms with E-state index >= 15 is 0 Å². The Kier molecular flexibility index (Phi) is 3.98. The van der Waals surface area contributed by atoms with Gasteiger partial charge in [0, 0.05) is 21.7 Å². The molecule has 1 aliphatic rings. The van der Waals surface area contributed by atoms with Gasteiger partial charge in [-0.2, -0.15) is 0 Å².